The normalized spacial score (nSPS) is 9.31. The number of nitrogens with zero attached hydrogens (tertiary/aromatic N) is 1. The molecule has 0 heterocycles. The zero-order valence-corrected chi connectivity index (χ0v) is 7.80. The number of carboxylic acid groups (broad SMARTS) is 1. The fourth-order valence-corrected chi connectivity index (χ4v) is 1.29. The molecular weight excluding hydrogens is 241 g/mol. The van der Waals surface area contributed by atoms with Crippen molar-refractivity contribution in [1.82, 2.24) is 0 Å². The highest BCUT2D eigenvalue weighted by Gasteiger charge is 2.15. The molecule has 0 aromatic heterocycles. The van der Waals surface area contributed by atoms with Crippen LogP contribution in [0.1, 0.15) is 15.9 Å². The van der Waals surface area contributed by atoms with Crippen LogP contribution in [0.3, 0.4) is 0 Å². The van der Waals surface area contributed by atoms with Crippen LogP contribution in [0.4, 0.5) is 4.39 Å². The van der Waals surface area contributed by atoms with E-state index in [2.05, 4.69) is 15.9 Å². The van der Waals surface area contributed by atoms with E-state index in [0.717, 1.165) is 6.07 Å². The Labute approximate surface area is 81.5 Å². The number of rotatable bonds is 1. The van der Waals surface area contributed by atoms with E-state index >= 15 is 0 Å². The molecule has 3 nitrogen and oxygen atoms in total. The van der Waals surface area contributed by atoms with Gasteiger partial charge in [0.2, 0.25) is 0 Å². The van der Waals surface area contributed by atoms with Crippen LogP contribution in [0.2, 0.25) is 0 Å². The van der Waals surface area contributed by atoms with Crippen molar-refractivity contribution < 1.29 is 14.3 Å². The minimum atomic E-state index is -1.32. The molecule has 66 valence electrons. The topological polar surface area (TPSA) is 61.1 Å². The van der Waals surface area contributed by atoms with E-state index in [-0.39, 0.29) is 5.56 Å². The van der Waals surface area contributed by atoms with Crippen LogP contribution in [0.15, 0.2) is 16.6 Å². The van der Waals surface area contributed by atoms with Crippen molar-refractivity contribution >= 4 is 21.9 Å². The Bertz CT molecular complexity index is 411. The first-order valence-electron chi connectivity index (χ1n) is 3.18. The van der Waals surface area contributed by atoms with Gasteiger partial charge in [-0.1, -0.05) is 15.9 Å². The Morgan fingerprint density at radius 1 is 1.62 bits per heavy atom. The van der Waals surface area contributed by atoms with Gasteiger partial charge in [-0.15, -0.1) is 0 Å². The molecule has 0 radical (unpaired) electrons. The van der Waals surface area contributed by atoms with Gasteiger partial charge in [-0.2, -0.15) is 5.26 Å². The lowest BCUT2D eigenvalue weighted by molar-refractivity contribution is 0.0696. The third kappa shape index (κ3) is 1.84. The molecule has 1 aromatic rings. The molecule has 0 unspecified atom stereocenters. The minimum absolute atomic E-state index is 0.293. The Kier molecular flexibility index (Phi) is 2.63. The summed E-state index contributed by atoms with van der Waals surface area (Å²) in [7, 11) is 0. The molecule has 1 N–H and O–H groups in total. The first-order valence-corrected chi connectivity index (χ1v) is 3.98. The Morgan fingerprint density at radius 2 is 2.23 bits per heavy atom. The second-order valence-corrected chi connectivity index (χ2v) is 3.14. The molecule has 0 saturated carbocycles. The van der Waals surface area contributed by atoms with Crippen molar-refractivity contribution in [3.63, 3.8) is 0 Å². The van der Waals surface area contributed by atoms with Gasteiger partial charge in [-0.3, -0.25) is 0 Å². The summed E-state index contributed by atoms with van der Waals surface area (Å²) < 4.78 is 13.2. The van der Waals surface area contributed by atoms with E-state index in [1.807, 2.05) is 0 Å². The monoisotopic (exact) mass is 243 g/mol. The highest BCUT2D eigenvalue weighted by atomic mass is 79.9. The van der Waals surface area contributed by atoms with Gasteiger partial charge >= 0.3 is 5.97 Å². The van der Waals surface area contributed by atoms with Crippen molar-refractivity contribution in [2.75, 3.05) is 0 Å². The van der Waals surface area contributed by atoms with Crippen LogP contribution < -0.4 is 0 Å². The standard InChI is InChI=1S/C8H3BrFNO2/c9-4-1-5(8(12)13)6(3-11)7(10)2-4/h1-2H,(H,12,13). The quantitative estimate of drug-likeness (QED) is 0.823. The smallest absolute Gasteiger partial charge is 0.337 e. The van der Waals surface area contributed by atoms with Gasteiger partial charge < -0.3 is 5.11 Å². The molecule has 0 bridgehead atoms. The predicted octanol–water partition coefficient (Wildman–Crippen LogP) is 2.16. The summed E-state index contributed by atoms with van der Waals surface area (Å²) in [5.41, 5.74) is -0.787. The number of carboxylic acids is 1. The van der Waals surface area contributed by atoms with Gasteiger partial charge in [0, 0.05) is 4.47 Å². The maximum Gasteiger partial charge on any atom is 0.337 e. The van der Waals surface area contributed by atoms with Crippen molar-refractivity contribution in [2.45, 2.75) is 0 Å². The zero-order valence-electron chi connectivity index (χ0n) is 6.21. The summed E-state index contributed by atoms with van der Waals surface area (Å²) in [6, 6.07) is 3.73. The maximum atomic E-state index is 13.0. The van der Waals surface area contributed by atoms with E-state index in [0.29, 0.717) is 4.47 Å². The maximum absolute atomic E-state index is 13.0. The average Bonchev–Trinajstić information content (AvgIpc) is 2.02. The fraction of sp³-hybridized carbons (Fsp3) is 0. The minimum Gasteiger partial charge on any atom is -0.478 e. The van der Waals surface area contributed by atoms with Gasteiger partial charge in [-0.25, -0.2) is 9.18 Å². The highest BCUT2D eigenvalue weighted by Crippen LogP contribution is 2.19. The van der Waals surface area contributed by atoms with Crippen molar-refractivity contribution in [3.05, 3.63) is 33.5 Å². The van der Waals surface area contributed by atoms with Crippen LogP contribution in [-0.2, 0) is 0 Å². The summed E-state index contributed by atoms with van der Waals surface area (Å²) in [6.45, 7) is 0. The molecule has 0 spiro atoms. The Morgan fingerprint density at radius 3 is 2.69 bits per heavy atom. The van der Waals surface area contributed by atoms with Gasteiger partial charge in [0.1, 0.15) is 17.4 Å². The largest absolute Gasteiger partial charge is 0.478 e. The molecule has 0 atom stereocenters. The van der Waals surface area contributed by atoms with Gasteiger partial charge in [0.15, 0.2) is 0 Å². The average molecular weight is 244 g/mol. The molecule has 0 saturated heterocycles. The predicted molar refractivity (Wildman–Crippen MR) is 45.8 cm³/mol. The van der Waals surface area contributed by atoms with Gasteiger partial charge in [-0.05, 0) is 12.1 Å². The summed E-state index contributed by atoms with van der Waals surface area (Å²) >= 11 is 2.93. The van der Waals surface area contributed by atoms with E-state index in [4.69, 9.17) is 10.4 Å². The Hall–Kier alpha value is -1.41. The third-order valence-corrected chi connectivity index (χ3v) is 1.86. The number of halogens is 2. The summed E-state index contributed by atoms with van der Waals surface area (Å²) in [5, 5.41) is 17.1. The lowest BCUT2D eigenvalue weighted by Crippen LogP contribution is -2.02. The van der Waals surface area contributed by atoms with Crippen LogP contribution in [0, 0.1) is 17.1 Å². The zero-order chi connectivity index (χ0) is 10.0. The second kappa shape index (κ2) is 3.54. The van der Waals surface area contributed by atoms with Crippen LogP contribution in [0.5, 0.6) is 0 Å². The number of aromatic carboxylic acids is 1. The lowest BCUT2D eigenvalue weighted by Gasteiger charge is -2.00. The SMILES string of the molecule is N#Cc1c(F)cc(Br)cc1C(=O)O. The van der Waals surface area contributed by atoms with E-state index in [1.54, 1.807) is 0 Å². The van der Waals surface area contributed by atoms with Gasteiger partial charge in [0.25, 0.3) is 0 Å². The lowest BCUT2D eigenvalue weighted by atomic mass is 10.1. The molecule has 0 aliphatic heterocycles. The number of benzene rings is 1. The number of carbonyl (C=O) groups is 1. The van der Waals surface area contributed by atoms with E-state index < -0.39 is 17.3 Å². The molecular formula is C8H3BrFNO2. The van der Waals surface area contributed by atoms with Crippen LogP contribution in [0.25, 0.3) is 0 Å². The molecule has 13 heavy (non-hydrogen) atoms. The summed E-state index contributed by atoms with van der Waals surface area (Å²) in [4.78, 5) is 10.5. The summed E-state index contributed by atoms with van der Waals surface area (Å²) in [6.07, 6.45) is 0. The molecule has 0 aliphatic carbocycles. The molecule has 1 aromatic carbocycles. The number of nitriles is 1. The van der Waals surface area contributed by atoms with Crippen molar-refractivity contribution in [1.29, 1.82) is 5.26 Å². The molecule has 1 rings (SSSR count). The van der Waals surface area contributed by atoms with Crippen molar-refractivity contribution in [2.24, 2.45) is 0 Å². The molecule has 0 amide bonds. The van der Waals surface area contributed by atoms with E-state index in [1.165, 1.54) is 12.1 Å². The number of hydrogen-bond donors (Lipinski definition) is 1. The second-order valence-electron chi connectivity index (χ2n) is 2.23. The molecule has 0 fully saturated rings. The van der Waals surface area contributed by atoms with E-state index in [9.17, 15) is 9.18 Å². The Balaban J connectivity index is 3.50. The van der Waals surface area contributed by atoms with Gasteiger partial charge in [0.05, 0.1) is 5.56 Å². The van der Waals surface area contributed by atoms with Crippen LogP contribution in [-0.4, -0.2) is 11.1 Å². The highest BCUT2D eigenvalue weighted by molar-refractivity contribution is 9.10. The fourth-order valence-electron chi connectivity index (χ4n) is 0.856. The third-order valence-electron chi connectivity index (χ3n) is 1.40. The summed E-state index contributed by atoms with van der Waals surface area (Å²) in [5.74, 6) is -2.16. The van der Waals surface area contributed by atoms with Crippen LogP contribution >= 0.6 is 15.9 Å². The number of hydrogen-bond acceptors (Lipinski definition) is 2. The molecule has 5 heteroatoms. The first kappa shape index (κ1) is 9.68. The molecule has 0 aliphatic rings. The first-order chi connectivity index (χ1) is 6.06. The van der Waals surface area contributed by atoms with Crippen molar-refractivity contribution in [3.8, 4) is 6.07 Å².